The molecule has 102 valence electrons. The molecule has 0 fully saturated rings. The number of aryl methyl sites for hydroxylation is 2. The number of halogens is 1. The molecular formula is C16H16FN3. The molecule has 4 heteroatoms. The van der Waals surface area contributed by atoms with Crippen molar-refractivity contribution in [3.63, 3.8) is 0 Å². The van der Waals surface area contributed by atoms with Gasteiger partial charge in [0.1, 0.15) is 11.6 Å². The van der Waals surface area contributed by atoms with Crippen LogP contribution < -0.4 is 5.73 Å². The number of hydrogen-bond donors (Lipinski definition) is 1. The van der Waals surface area contributed by atoms with Gasteiger partial charge in [0.2, 0.25) is 0 Å². The Morgan fingerprint density at radius 1 is 1.10 bits per heavy atom. The molecule has 2 N–H and O–H groups in total. The largest absolute Gasteiger partial charge is 0.325 e. The van der Waals surface area contributed by atoms with Gasteiger partial charge in [0.05, 0.1) is 11.2 Å². The summed E-state index contributed by atoms with van der Waals surface area (Å²) in [6, 6.07) is 12.7. The highest BCUT2D eigenvalue weighted by Gasteiger charge is 2.09. The summed E-state index contributed by atoms with van der Waals surface area (Å²) in [6.45, 7) is 0.424. The van der Waals surface area contributed by atoms with Crippen molar-refractivity contribution < 1.29 is 4.39 Å². The monoisotopic (exact) mass is 269 g/mol. The lowest BCUT2D eigenvalue weighted by Gasteiger charge is -2.02. The van der Waals surface area contributed by atoms with Crippen LogP contribution in [0, 0.1) is 5.82 Å². The van der Waals surface area contributed by atoms with E-state index in [0.717, 1.165) is 35.4 Å². The van der Waals surface area contributed by atoms with Gasteiger partial charge < -0.3 is 10.1 Å². The van der Waals surface area contributed by atoms with Crippen molar-refractivity contribution in [2.24, 2.45) is 5.73 Å². The zero-order chi connectivity index (χ0) is 13.9. The lowest BCUT2D eigenvalue weighted by Crippen LogP contribution is -1.98. The Hall–Kier alpha value is -2.20. The molecule has 3 rings (SSSR count). The number of fused-ring (bicyclic) bond motifs is 1. The van der Waals surface area contributed by atoms with E-state index in [1.54, 1.807) is 12.1 Å². The minimum Gasteiger partial charge on any atom is -0.325 e. The molecule has 0 aliphatic carbocycles. The van der Waals surface area contributed by atoms with Gasteiger partial charge in [-0.15, -0.1) is 0 Å². The predicted molar refractivity (Wildman–Crippen MR) is 76.9 cm³/mol. The van der Waals surface area contributed by atoms with Gasteiger partial charge in [-0.2, -0.15) is 0 Å². The molecule has 0 saturated carbocycles. The second kappa shape index (κ2) is 5.43. The maximum atomic E-state index is 13.2. The molecule has 0 amide bonds. The first-order valence-corrected chi connectivity index (χ1v) is 6.67. The van der Waals surface area contributed by atoms with Crippen LogP contribution in [-0.4, -0.2) is 9.38 Å². The summed E-state index contributed by atoms with van der Waals surface area (Å²) in [5, 5.41) is 0. The topological polar surface area (TPSA) is 43.3 Å². The van der Waals surface area contributed by atoms with E-state index >= 15 is 0 Å². The van der Waals surface area contributed by atoms with Crippen LogP contribution in [0.2, 0.25) is 0 Å². The zero-order valence-corrected chi connectivity index (χ0v) is 11.1. The lowest BCUT2D eigenvalue weighted by molar-refractivity contribution is 0.625. The molecule has 3 aromatic rings. The molecule has 2 aromatic heterocycles. The van der Waals surface area contributed by atoms with Gasteiger partial charge in [0.15, 0.2) is 0 Å². The van der Waals surface area contributed by atoms with Crippen molar-refractivity contribution in [2.75, 3.05) is 0 Å². The Balaban J connectivity index is 1.88. The van der Waals surface area contributed by atoms with Crippen molar-refractivity contribution in [1.82, 2.24) is 9.38 Å². The first kappa shape index (κ1) is 12.8. The van der Waals surface area contributed by atoms with Crippen LogP contribution in [0.4, 0.5) is 4.39 Å². The lowest BCUT2D eigenvalue weighted by atomic mass is 10.1. The van der Waals surface area contributed by atoms with Crippen LogP contribution in [0.15, 0.2) is 48.7 Å². The van der Waals surface area contributed by atoms with Gasteiger partial charge in [-0.05, 0) is 36.2 Å². The highest BCUT2D eigenvalue weighted by molar-refractivity contribution is 5.53. The summed E-state index contributed by atoms with van der Waals surface area (Å²) in [4.78, 5) is 4.59. The second-order valence-electron chi connectivity index (χ2n) is 4.76. The molecule has 0 atom stereocenters. The van der Waals surface area contributed by atoms with Crippen LogP contribution in [0.5, 0.6) is 0 Å². The number of nitrogens with zero attached hydrogens (tertiary/aromatic N) is 2. The van der Waals surface area contributed by atoms with Gasteiger partial charge in [-0.25, -0.2) is 9.37 Å². The zero-order valence-electron chi connectivity index (χ0n) is 11.1. The molecule has 2 heterocycles. The molecule has 0 spiro atoms. The van der Waals surface area contributed by atoms with E-state index in [9.17, 15) is 4.39 Å². The third kappa shape index (κ3) is 2.42. The Morgan fingerprint density at radius 2 is 2.00 bits per heavy atom. The van der Waals surface area contributed by atoms with Crippen LogP contribution in [-0.2, 0) is 19.4 Å². The number of nitrogens with two attached hydrogens (primary N) is 1. The van der Waals surface area contributed by atoms with Crippen LogP contribution in [0.3, 0.4) is 0 Å². The van der Waals surface area contributed by atoms with E-state index in [0.29, 0.717) is 6.54 Å². The maximum absolute atomic E-state index is 13.2. The quantitative estimate of drug-likeness (QED) is 0.791. The minimum atomic E-state index is -0.196. The van der Waals surface area contributed by atoms with E-state index in [4.69, 9.17) is 5.73 Å². The maximum Gasteiger partial charge on any atom is 0.123 e. The van der Waals surface area contributed by atoms with Gasteiger partial charge in [0, 0.05) is 19.2 Å². The minimum absolute atomic E-state index is 0.196. The van der Waals surface area contributed by atoms with Gasteiger partial charge in [-0.1, -0.05) is 18.2 Å². The number of imidazole rings is 1. The molecule has 0 aliphatic heterocycles. The number of pyridine rings is 1. The molecule has 0 saturated heterocycles. The summed E-state index contributed by atoms with van der Waals surface area (Å²) in [7, 11) is 0. The SMILES string of the molecule is NCc1nc(CCc2cccc(F)c2)n2ccccc12. The van der Waals surface area contributed by atoms with Crippen molar-refractivity contribution in [2.45, 2.75) is 19.4 Å². The average Bonchev–Trinajstić information content (AvgIpc) is 2.83. The Morgan fingerprint density at radius 3 is 2.80 bits per heavy atom. The van der Waals surface area contributed by atoms with Crippen molar-refractivity contribution in [1.29, 1.82) is 0 Å². The molecule has 0 radical (unpaired) electrons. The third-order valence-corrected chi connectivity index (χ3v) is 3.42. The molecule has 0 bridgehead atoms. The van der Waals surface area contributed by atoms with E-state index in [2.05, 4.69) is 9.38 Å². The van der Waals surface area contributed by atoms with Crippen LogP contribution in [0.1, 0.15) is 17.1 Å². The first-order chi connectivity index (χ1) is 9.78. The fourth-order valence-electron chi connectivity index (χ4n) is 2.45. The van der Waals surface area contributed by atoms with Gasteiger partial charge in [-0.3, -0.25) is 0 Å². The summed E-state index contributed by atoms with van der Waals surface area (Å²) >= 11 is 0. The Kier molecular flexibility index (Phi) is 3.48. The second-order valence-corrected chi connectivity index (χ2v) is 4.76. The Labute approximate surface area is 116 Å². The molecule has 3 nitrogen and oxygen atoms in total. The van der Waals surface area contributed by atoms with Crippen LogP contribution in [0.25, 0.3) is 5.52 Å². The van der Waals surface area contributed by atoms with E-state index in [-0.39, 0.29) is 5.82 Å². The summed E-state index contributed by atoms with van der Waals surface area (Å²) < 4.78 is 15.2. The fourth-order valence-corrected chi connectivity index (χ4v) is 2.45. The fraction of sp³-hybridized carbons (Fsp3) is 0.188. The summed E-state index contributed by atoms with van der Waals surface area (Å²) in [5.41, 5.74) is 8.66. The number of aromatic nitrogens is 2. The normalized spacial score (nSPS) is 11.1. The molecule has 20 heavy (non-hydrogen) atoms. The highest BCUT2D eigenvalue weighted by atomic mass is 19.1. The van der Waals surface area contributed by atoms with E-state index < -0.39 is 0 Å². The summed E-state index contributed by atoms with van der Waals surface area (Å²) in [6.07, 6.45) is 3.51. The number of hydrogen-bond acceptors (Lipinski definition) is 2. The first-order valence-electron chi connectivity index (χ1n) is 6.67. The van der Waals surface area contributed by atoms with Crippen molar-refractivity contribution in [3.05, 3.63) is 71.6 Å². The highest BCUT2D eigenvalue weighted by Crippen LogP contribution is 2.15. The van der Waals surface area contributed by atoms with Crippen molar-refractivity contribution >= 4 is 5.52 Å². The van der Waals surface area contributed by atoms with Gasteiger partial charge in [0.25, 0.3) is 0 Å². The smallest absolute Gasteiger partial charge is 0.123 e. The Bertz CT molecular complexity index is 733. The predicted octanol–water partition coefficient (Wildman–Crippen LogP) is 2.72. The van der Waals surface area contributed by atoms with E-state index in [1.807, 2.05) is 30.5 Å². The number of rotatable bonds is 4. The number of benzene rings is 1. The summed E-state index contributed by atoms with van der Waals surface area (Å²) in [5.74, 6) is 0.767. The standard InChI is InChI=1S/C16H16FN3/c17-13-5-3-4-12(10-13)7-8-16-19-14(11-18)15-6-1-2-9-20(15)16/h1-6,9-10H,7-8,11,18H2. The van der Waals surface area contributed by atoms with Crippen LogP contribution >= 0.6 is 0 Å². The molecule has 0 aliphatic rings. The molecule has 1 aromatic carbocycles. The van der Waals surface area contributed by atoms with Crippen molar-refractivity contribution in [3.8, 4) is 0 Å². The molecular weight excluding hydrogens is 253 g/mol. The molecule has 0 unspecified atom stereocenters. The van der Waals surface area contributed by atoms with Gasteiger partial charge >= 0.3 is 0 Å². The van der Waals surface area contributed by atoms with E-state index in [1.165, 1.54) is 6.07 Å². The average molecular weight is 269 g/mol. The third-order valence-electron chi connectivity index (χ3n) is 3.42.